The summed E-state index contributed by atoms with van der Waals surface area (Å²) in [4.78, 5) is 23.7. The van der Waals surface area contributed by atoms with E-state index < -0.39 is 11.9 Å². The Morgan fingerprint density at radius 1 is 1.08 bits per heavy atom. The van der Waals surface area contributed by atoms with Crippen LogP contribution in [-0.4, -0.2) is 68.9 Å². The van der Waals surface area contributed by atoms with Crippen LogP contribution in [0.4, 0.5) is 0 Å². The first-order valence-corrected chi connectivity index (χ1v) is 7.23. The molecule has 8 heteroatoms. The Morgan fingerprint density at radius 3 is 2.04 bits per heavy atom. The molecule has 0 heterocycles. The molecule has 0 aliphatic rings. The van der Waals surface area contributed by atoms with Crippen LogP contribution in [0.25, 0.3) is 0 Å². The van der Waals surface area contributed by atoms with Crippen molar-refractivity contribution in [2.24, 2.45) is 5.73 Å². The van der Waals surface area contributed by atoms with Crippen molar-refractivity contribution in [3.05, 3.63) is 17.7 Å². The summed E-state index contributed by atoms with van der Waals surface area (Å²) in [7, 11) is 4.33. The predicted octanol–water partition coefficient (Wildman–Crippen LogP) is 1.26. The molecule has 2 N–H and O–H groups in total. The zero-order valence-corrected chi connectivity index (χ0v) is 13.9. The molecule has 0 amide bonds. The molecule has 0 saturated heterocycles. The van der Waals surface area contributed by atoms with Crippen molar-refractivity contribution >= 4 is 41.5 Å². The van der Waals surface area contributed by atoms with Crippen molar-refractivity contribution in [2.45, 2.75) is 32.2 Å². The van der Waals surface area contributed by atoms with Crippen molar-refractivity contribution in [1.29, 1.82) is 0 Å². The molecule has 130 valence electrons. The molecule has 1 atom stereocenters. The van der Waals surface area contributed by atoms with Gasteiger partial charge in [-0.1, -0.05) is 0 Å². The molecule has 1 aromatic rings. The molecule has 1 aromatic carbocycles. The van der Waals surface area contributed by atoms with Gasteiger partial charge in [-0.15, -0.1) is 0 Å². The zero-order valence-electron chi connectivity index (χ0n) is 13.9. The summed E-state index contributed by atoms with van der Waals surface area (Å²) >= 11 is 0. The number of benzene rings is 1. The Hall–Kier alpha value is -1.28. The van der Waals surface area contributed by atoms with E-state index in [4.69, 9.17) is 24.7 Å². The molecule has 0 saturated carbocycles. The summed E-state index contributed by atoms with van der Waals surface area (Å²) in [6.45, 7) is 1.85. The number of carbonyl (C=O) groups is 2. The predicted molar refractivity (Wildman–Crippen MR) is 91.2 cm³/mol. The summed E-state index contributed by atoms with van der Waals surface area (Å²) in [5.74, 6) is -0.388. The monoisotopic (exact) mass is 349 g/mol. The van der Waals surface area contributed by atoms with Gasteiger partial charge in [0.15, 0.2) is 11.5 Å². The number of hydrogen-bond acceptors (Lipinski definition) is 7. The third kappa shape index (κ3) is 6.68. The molecular weight excluding hydrogens is 325 g/mol. The van der Waals surface area contributed by atoms with Gasteiger partial charge in [-0.3, -0.25) is 4.79 Å². The van der Waals surface area contributed by atoms with Crippen LogP contribution >= 0.6 is 0 Å². The SMILES string of the molecule is COc1cc(C(=O)OC(=O)CCCC(C)N)cc(OC)c1OC.[NaH]. The van der Waals surface area contributed by atoms with Crippen LogP contribution in [0.2, 0.25) is 0 Å². The fourth-order valence-corrected chi connectivity index (χ4v) is 1.98. The summed E-state index contributed by atoms with van der Waals surface area (Å²) in [5.41, 5.74) is 5.74. The van der Waals surface area contributed by atoms with Gasteiger partial charge in [0.1, 0.15) is 0 Å². The number of hydrogen-bond donors (Lipinski definition) is 1. The maximum absolute atomic E-state index is 12.1. The van der Waals surface area contributed by atoms with Crippen LogP contribution in [0.5, 0.6) is 17.2 Å². The Bertz CT molecular complexity index is 536. The molecule has 0 spiro atoms. The first-order valence-electron chi connectivity index (χ1n) is 7.23. The van der Waals surface area contributed by atoms with Crippen LogP contribution in [0.3, 0.4) is 0 Å². The van der Waals surface area contributed by atoms with E-state index in [1.807, 2.05) is 6.92 Å². The minimum absolute atomic E-state index is 0. The number of ether oxygens (including phenoxy) is 4. The second-order valence-electron chi connectivity index (χ2n) is 5.05. The van der Waals surface area contributed by atoms with E-state index in [1.54, 1.807) is 0 Å². The standard InChI is InChI=1S/C16H23NO6.Na.H/c1-10(17)6-5-7-14(18)23-16(19)11-8-12(20-2)15(22-4)13(9-11)21-3;;/h8-10H,5-7,17H2,1-4H3;;. The van der Waals surface area contributed by atoms with Gasteiger partial charge < -0.3 is 24.7 Å². The topological polar surface area (TPSA) is 97.1 Å². The molecule has 0 radical (unpaired) electrons. The van der Waals surface area contributed by atoms with Crippen molar-refractivity contribution in [1.82, 2.24) is 0 Å². The van der Waals surface area contributed by atoms with Gasteiger partial charge in [0.25, 0.3) is 0 Å². The second kappa shape index (κ2) is 11.3. The molecule has 1 unspecified atom stereocenters. The van der Waals surface area contributed by atoms with Crippen LogP contribution < -0.4 is 19.9 Å². The Morgan fingerprint density at radius 2 is 1.62 bits per heavy atom. The Labute approximate surface area is 164 Å². The molecule has 0 aliphatic heterocycles. The van der Waals surface area contributed by atoms with Crippen LogP contribution in [0.1, 0.15) is 36.5 Å². The third-order valence-electron chi connectivity index (χ3n) is 3.15. The molecule has 0 fully saturated rings. The summed E-state index contributed by atoms with van der Waals surface area (Å²) in [6, 6.07) is 2.87. The van der Waals surface area contributed by atoms with Crippen LogP contribution in [0, 0.1) is 0 Å². The average Bonchev–Trinajstić information content (AvgIpc) is 2.52. The fourth-order valence-electron chi connectivity index (χ4n) is 1.98. The normalized spacial score (nSPS) is 11.0. The first kappa shape index (κ1) is 22.7. The summed E-state index contributed by atoms with van der Waals surface area (Å²) in [6.07, 6.45) is 1.39. The number of rotatable bonds is 8. The summed E-state index contributed by atoms with van der Waals surface area (Å²) in [5, 5.41) is 0. The van der Waals surface area contributed by atoms with Gasteiger partial charge in [-0.25, -0.2) is 4.79 Å². The first-order chi connectivity index (χ1) is 10.9. The van der Waals surface area contributed by atoms with E-state index >= 15 is 0 Å². The molecule has 0 bridgehead atoms. The third-order valence-corrected chi connectivity index (χ3v) is 3.15. The van der Waals surface area contributed by atoms with Crippen molar-refractivity contribution in [2.75, 3.05) is 21.3 Å². The molecule has 24 heavy (non-hydrogen) atoms. The van der Waals surface area contributed by atoms with E-state index in [-0.39, 0.29) is 47.6 Å². The van der Waals surface area contributed by atoms with Gasteiger partial charge >= 0.3 is 41.5 Å². The Kier molecular flexibility index (Phi) is 10.7. The molecule has 1 rings (SSSR count). The van der Waals surface area contributed by atoms with Gasteiger partial charge in [-0.2, -0.15) is 0 Å². The van der Waals surface area contributed by atoms with Crippen molar-refractivity contribution < 1.29 is 28.5 Å². The quantitative estimate of drug-likeness (QED) is 0.429. The van der Waals surface area contributed by atoms with Gasteiger partial charge in [0.2, 0.25) is 5.75 Å². The molecule has 7 nitrogen and oxygen atoms in total. The average molecular weight is 349 g/mol. The molecular formula is C16H24NNaO6. The van der Waals surface area contributed by atoms with E-state index in [2.05, 4.69) is 0 Å². The van der Waals surface area contributed by atoms with E-state index in [0.29, 0.717) is 30.1 Å². The minimum atomic E-state index is -0.768. The van der Waals surface area contributed by atoms with Crippen LogP contribution in [0.15, 0.2) is 12.1 Å². The van der Waals surface area contributed by atoms with Crippen LogP contribution in [-0.2, 0) is 9.53 Å². The maximum atomic E-state index is 12.1. The summed E-state index contributed by atoms with van der Waals surface area (Å²) < 4.78 is 20.3. The number of esters is 2. The van der Waals surface area contributed by atoms with E-state index in [9.17, 15) is 9.59 Å². The Balaban J connectivity index is 0.00000529. The fraction of sp³-hybridized carbons (Fsp3) is 0.500. The van der Waals surface area contributed by atoms with Gasteiger partial charge in [-0.05, 0) is 31.9 Å². The number of nitrogens with two attached hydrogens (primary N) is 1. The van der Waals surface area contributed by atoms with Gasteiger partial charge in [0, 0.05) is 12.5 Å². The van der Waals surface area contributed by atoms with Gasteiger partial charge in [0.05, 0.1) is 26.9 Å². The van der Waals surface area contributed by atoms with Crippen molar-refractivity contribution in [3.63, 3.8) is 0 Å². The van der Waals surface area contributed by atoms with E-state index in [0.717, 1.165) is 0 Å². The number of methoxy groups -OCH3 is 3. The van der Waals surface area contributed by atoms with E-state index in [1.165, 1.54) is 33.5 Å². The second-order valence-corrected chi connectivity index (χ2v) is 5.05. The number of carbonyl (C=O) groups excluding carboxylic acids is 2. The molecule has 0 aliphatic carbocycles. The molecule has 0 aromatic heterocycles. The van der Waals surface area contributed by atoms with Crippen molar-refractivity contribution in [3.8, 4) is 17.2 Å². The zero-order chi connectivity index (χ0) is 17.4.